The molecule has 0 spiro atoms. The summed E-state index contributed by atoms with van der Waals surface area (Å²) in [7, 11) is 0. The van der Waals surface area contributed by atoms with E-state index in [1.54, 1.807) is 0 Å². The van der Waals surface area contributed by atoms with E-state index in [-0.39, 0.29) is 5.97 Å². The molecule has 5 heteroatoms. The van der Waals surface area contributed by atoms with Crippen molar-refractivity contribution >= 4 is 5.97 Å². The van der Waals surface area contributed by atoms with Gasteiger partial charge in [-0.15, -0.1) is 5.53 Å². The molecular weight excluding hydrogens is 230 g/mol. The number of hydrogen-bond donors (Lipinski definition) is 2. The number of esters is 1. The summed E-state index contributed by atoms with van der Waals surface area (Å²) < 4.78 is 5.12. The smallest absolute Gasteiger partial charge is 0.361 e. The molecule has 0 aromatic rings. The third kappa shape index (κ3) is 2.96. The Morgan fingerprint density at radius 2 is 2.17 bits per heavy atom. The third-order valence-electron chi connectivity index (χ3n) is 3.73. The maximum atomic E-state index is 11.9. The molecule has 0 unspecified atom stereocenters. The molecule has 1 aliphatic heterocycles. The summed E-state index contributed by atoms with van der Waals surface area (Å²) in [6, 6.07) is 0. The third-order valence-corrected chi connectivity index (χ3v) is 3.73. The first kappa shape index (κ1) is 13.2. The average molecular weight is 254 g/mol. The first-order chi connectivity index (χ1) is 8.72. The van der Waals surface area contributed by atoms with E-state index in [0.717, 1.165) is 12.2 Å². The van der Waals surface area contributed by atoms with Gasteiger partial charge >= 0.3 is 5.97 Å². The lowest BCUT2D eigenvalue weighted by Crippen LogP contribution is -2.97. The normalized spacial score (nSPS) is 21.1. The molecular formula is C13H24N3O2+. The molecule has 1 fully saturated rings. The molecule has 0 saturated heterocycles. The highest BCUT2D eigenvalue weighted by atomic mass is 16.5. The van der Waals surface area contributed by atoms with Gasteiger partial charge in [-0.3, -0.25) is 0 Å². The van der Waals surface area contributed by atoms with Crippen molar-refractivity contribution in [1.82, 2.24) is 10.4 Å². The van der Waals surface area contributed by atoms with Crippen LogP contribution in [0.5, 0.6) is 0 Å². The van der Waals surface area contributed by atoms with E-state index in [9.17, 15) is 4.79 Å². The van der Waals surface area contributed by atoms with Crippen molar-refractivity contribution in [3.8, 4) is 0 Å². The Morgan fingerprint density at radius 3 is 2.83 bits per heavy atom. The minimum Gasteiger partial charge on any atom is -0.461 e. The predicted octanol–water partition coefficient (Wildman–Crippen LogP) is 0.660. The van der Waals surface area contributed by atoms with Crippen LogP contribution >= 0.6 is 0 Å². The van der Waals surface area contributed by atoms with Gasteiger partial charge in [-0.1, -0.05) is 19.3 Å². The van der Waals surface area contributed by atoms with Gasteiger partial charge < -0.3 is 4.74 Å². The highest BCUT2D eigenvalue weighted by Crippen LogP contribution is 2.25. The van der Waals surface area contributed by atoms with Gasteiger partial charge in [0.1, 0.15) is 0 Å². The Morgan fingerprint density at radius 1 is 1.44 bits per heavy atom. The highest BCUT2D eigenvalue weighted by molar-refractivity contribution is 5.88. The second kappa shape index (κ2) is 6.09. The molecule has 1 aliphatic carbocycles. The second-order valence-corrected chi connectivity index (χ2v) is 5.12. The van der Waals surface area contributed by atoms with Gasteiger partial charge in [0.05, 0.1) is 18.8 Å². The van der Waals surface area contributed by atoms with E-state index < -0.39 is 0 Å². The summed E-state index contributed by atoms with van der Waals surface area (Å²) in [5.74, 6) is 0.485. The van der Waals surface area contributed by atoms with Crippen LogP contribution < -0.4 is 11.0 Å². The molecule has 18 heavy (non-hydrogen) atoms. The summed E-state index contributed by atoms with van der Waals surface area (Å²) in [6.45, 7) is 5.11. The van der Waals surface area contributed by atoms with E-state index in [4.69, 9.17) is 4.74 Å². The number of nitrogens with two attached hydrogens (primary N) is 1. The maximum absolute atomic E-state index is 11.9. The summed E-state index contributed by atoms with van der Waals surface area (Å²) in [5.41, 5.74) is 6.60. The van der Waals surface area contributed by atoms with Crippen molar-refractivity contribution in [3.63, 3.8) is 0 Å². The van der Waals surface area contributed by atoms with Crippen LogP contribution in [0, 0.1) is 5.92 Å². The Bertz CT molecular complexity index is 335. The number of hydrogen-bond acceptors (Lipinski definition) is 4. The lowest BCUT2D eigenvalue weighted by Gasteiger charge is -2.25. The number of nitrogens with zero attached hydrogens (tertiary/aromatic N) is 1. The molecule has 0 amide bonds. The van der Waals surface area contributed by atoms with Crippen molar-refractivity contribution in [2.75, 3.05) is 13.2 Å². The quantitative estimate of drug-likeness (QED) is 0.571. The zero-order valence-electron chi connectivity index (χ0n) is 11.4. The number of allylic oxidation sites excluding steroid dienone is 1. The number of rotatable bonds is 4. The number of nitrogens with one attached hydrogen (secondary N) is 1. The Balaban J connectivity index is 1.97. The van der Waals surface area contributed by atoms with E-state index in [1.807, 2.05) is 24.4 Å². The van der Waals surface area contributed by atoms with Gasteiger partial charge in [0.15, 0.2) is 5.70 Å². The van der Waals surface area contributed by atoms with Crippen molar-refractivity contribution in [1.29, 1.82) is 0 Å². The maximum Gasteiger partial charge on any atom is 0.361 e. The van der Waals surface area contributed by atoms with Gasteiger partial charge in [-0.2, -0.15) is 5.01 Å². The first-order valence-electron chi connectivity index (χ1n) is 6.97. The summed E-state index contributed by atoms with van der Waals surface area (Å²) in [4.78, 5) is 11.9. The Kier molecular flexibility index (Phi) is 4.47. The summed E-state index contributed by atoms with van der Waals surface area (Å²) >= 11 is 0. The highest BCUT2D eigenvalue weighted by Gasteiger charge is 2.32. The fraction of sp³-hybridized carbons (Fsp3) is 0.769. The van der Waals surface area contributed by atoms with E-state index in [2.05, 4.69) is 5.43 Å². The topological polar surface area (TPSA) is 58.2 Å². The molecule has 0 bridgehead atoms. The van der Waals surface area contributed by atoms with E-state index in [1.165, 1.54) is 32.1 Å². The van der Waals surface area contributed by atoms with Gasteiger partial charge in [-0.05, 0) is 32.6 Å². The summed E-state index contributed by atoms with van der Waals surface area (Å²) in [5, 5.41) is 2.03. The first-order valence-corrected chi connectivity index (χ1v) is 6.97. The van der Waals surface area contributed by atoms with E-state index in [0.29, 0.717) is 18.2 Å². The minimum absolute atomic E-state index is 0.216. The molecule has 1 heterocycles. The molecule has 2 aliphatic rings. The second-order valence-electron chi connectivity index (χ2n) is 5.12. The van der Waals surface area contributed by atoms with Crippen molar-refractivity contribution in [2.45, 2.75) is 46.0 Å². The van der Waals surface area contributed by atoms with Crippen LogP contribution in [0.15, 0.2) is 11.4 Å². The molecule has 2 rings (SSSR count). The molecule has 0 atom stereocenters. The number of carbonyl (C=O) groups excluding carboxylic acids is 1. The fourth-order valence-corrected chi connectivity index (χ4v) is 2.78. The van der Waals surface area contributed by atoms with Gasteiger partial charge in [0.2, 0.25) is 0 Å². The van der Waals surface area contributed by atoms with Crippen molar-refractivity contribution in [2.24, 2.45) is 5.92 Å². The van der Waals surface area contributed by atoms with Crippen LogP contribution in [0.25, 0.3) is 0 Å². The van der Waals surface area contributed by atoms with Crippen LogP contribution in [0.1, 0.15) is 46.0 Å². The van der Waals surface area contributed by atoms with Crippen LogP contribution in [0.2, 0.25) is 0 Å². The molecule has 0 aromatic heterocycles. The van der Waals surface area contributed by atoms with Crippen LogP contribution in [-0.4, -0.2) is 24.1 Å². The lowest BCUT2D eigenvalue weighted by molar-refractivity contribution is -0.825. The van der Waals surface area contributed by atoms with Crippen molar-refractivity contribution in [3.05, 3.63) is 11.4 Å². The molecule has 102 valence electrons. The van der Waals surface area contributed by atoms with Gasteiger partial charge in [0, 0.05) is 0 Å². The van der Waals surface area contributed by atoms with Gasteiger partial charge in [0.25, 0.3) is 0 Å². The molecule has 0 aromatic carbocycles. The van der Waals surface area contributed by atoms with E-state index >= 15 is 0 Å². The van der Waals surface area contributed by atoms with Crippen molar-refractivity contribution < 1.29 is 15.1 Å². The summed E-state index contributed by atoms with van der Waals surface area (Å²) in [6.07, 6.45) is 6.56. The Hall–Kier alpha value is -1.23. The van der Waals surface area contributed by atoms with Crippen LogP contribution in [-0.2, 0) is 9.53 Å². The lowest BCUT2D eigenvalue weighted by atomic mass is 9.89. The molecule has 0 radical (unpaired) electrons. The standard InChI is InChI=1S/C13H23N3O2/c1-3-18-13(17)12-10(2)14-15-16(12)9-11-7-5-4-6-8-11/h11,14-15H,3-9H2,1-2H3/p+1. The monoisotopic (exact) mass is 254 g/mol. The fourth-order valence-electron chi connectivity index (χ4n) is 2.78. The van der Waals surface area contributed by atoms with Crippen LogP contribution in [0.3, 0.4) is 0 Å². The zero-order valence-corrected chi connectivity index (χ0v) is 11.4. The van der Waals surface area contributed by atoms with Crippen LogP contribution in [0.4, 0.5) is 0 Å². The van der Waals surface area contributed by atoms with Gasteiger partial charge in [-0.25, -0.2) is 10.2 Å². The minimum atomic E-state index is -0.216. The number of quaternary nitrogens is 1. The molecule has 5 nitrogen and oxygen atoms in total. The Labute approximate surface area is 108 Å². The molecule has 1 saturated carbocycles. The molecule has 3 N–H and O–H groups in total. The number of ether oxygens (including phenoxy) is 1. The SMILES string of the molecule is CCOC(=O)C1=C(C)N[NH2+]N1CC1CCCCC1. The predicted molar refractivity (Wildman–Crippen MR) is 67.7 cm³/mol. The number of carbonyl (C=O) groups is 1. The zero-order chi connectivity index (χ0) is 13.0. The largest absolute Gasteiger partial charge is 0.461 e. The average Bonchev–Trinajstić information content (AvgIpc) is 2.72.